The number of carbonyl (C=O) groups is 2. The monoisotopic (exact) mass is 265 g/mol. The first-order valence-electron chi connectivity index (χ1n) is 6.03. The van der Waals surface area contributed by atoms with Gasteiger partial charge in [0, 0.05) is 24.2 Å². The molecule has 0 saturated heterocycles. The lowest BCUT2D eigenvalue weighted by Crippen LogP contribution is -2.34. The molecule has 1 amide bonds. The quantitative estimate of drug-likeness (QED) is 0.742. The third kappa shape index (κ3) is 3.37. The van der Waals surface area contributed by atoms with E-state index >= 15 is 0 Å². The number of hydrogen-bond donors (Lipinski definition) is 3. The molecular formula is C13H15NO5. The summed E-state index contributed by atoms with van der Waals surface area (Å²) >= 11 is 0. The Balaban J connectivity index is 2.16. The standard InChI is InChI=1S/C13H15NO5/c15-10-5-8(6-11(16)7-10)13(19)14(9-1-2-9)4-3-12(17)18/h5-7,9,15-16H,1-4H2,(H,17,18). The number of phenols is 2. The molecule has 1 aliphatic rings. The molecule has 1 aliphatic carbocycles. The number of aromatic hydroxyl groups is 2. The Morgan fingerprint density at radius 1 is 1.16 bits per heavy atom. The maximum Gasteiger partial charge on any atom is 0.305 e. The Kier molecular flexibility index (Phi) is 3.59. The van der Waals surface area contributed by atoms with Gasteiger partial charge in [-0.1, -0.05) is 0 Å². The maximum atomic E-state index is 12.3. The van der Waals surface area contributed by atoms with E-state index in [1.54, 1.807) is 0 Å². The van der Waals surface area contributed by atoms with Crippen molar-refractivity contribution in [3.8, 4) is 11.5 Å². The Morgan fingerprint density at radius 2 is 1.74 bits per heavy atom. The number of benzene rings is 1. The second-order valence-electron chi connectivity index (χ2n) is 4.61. The van der Waals surface area contributed by atoms with E-state index in [9.17, 15) is 19.8 Å². The van der Waals surface area contributed by atoms with Crippen molar-refractivity contribution >= 4 is 11.9 Å². The highest BCUT2D eigenvalue weighted by atomic mass is 16.4. The first-order valence-corrected chi connectivity index (χ1v) is 6.03. The highest BCUT2D eigenvalue weighted by Crippen LogP contribution is 2.30. The van der Waals surface area contributed by atoms with Crippen molar-refractivity contribution in [3.05, 3.63) is 23.8 Å². The number of amides is 1. The minimum absolute atomic E-state index is 0.0661. The van der Waals surface area contributed by atoms with Crippen molar-refractivity contribution in [2.24, 2.45) is 0 Å². The number of carbonyl (C=O) groups excluding carboxylic acids is 1. The first kappa shape index (κ1) is 13.2. The number of rotatable bonds is 5. The lowest BCUT2D eigenvalue weighted by molar-refractivity contribution is -0.137. The molecule has 0 heterocycles. The van der Waals surface area contributed by atoms with E-state index in [0.717, 1.165) is 18.9 Å². The molecule has 19 heavy (non-hydrogen) atoms. The van der Waals surface area contributed by atoms with E-state index in [1.807, 2.05) is 0 Å². The summed E-state index contributed by atoms with van der Waals surface area (Å²) in [6.07, 6.45) is 1.60. The van der Waals surface area contributed by atoms with Gasteiger partial charge in [0.2, 0.25) is 0 Å². The third-order valence-corrected chi connectivity index (χ3v) is 2.96. The average Bonchev–Trinajstić information content (AvgIpc) is 3.11. The van der Waals surface area contributed by atoms with Crippen LogP contribution in [0.4, 0.5) is 0 Å². The number of phenolic OH excluding ortho intramolecular Hbond substituents is 2. The summed E-state index contributed by atoms with van der Waals surface area (Å²) in [6, 6.07) is 3.72. The van der Waals surface area contributed by atoms with Crippen LogP contribution in [0.25, 0.3) is 0 Å². The zero-order valence-electron chi connectivity index (χ0n) is 10.2. The molecule has 1 saturated carbocycles. The predicted molar refractivity (Wildman–Crippen MR) is 66.1 cm³/mol. The molecule has 0 atom stereocenters. The zero-order chi connectivity index (χ0) is 14.0. The van der Waals surface area contributed by atoms with Gasteiger partial charge in [0.05, 0.1) is 6.42 Å². The average molecular weight is 265 g/mol. The van der Waals surface area contributed by atoms with Crippen LogP contribution < -0.4 is 0 Å². The Bertz CT molecular complexity index is 490. The van der Waals surface area contributed by atoms with Crippen LogP contribution in [0.15, 0.2) is 18.2 Å². The van der Waals surface area contributed by atoms with Gasteiger partial charge in [-0.3, -0.25) is 9.59 Å². The zero-order valence-corrected chi connectivity index (χ0v) is 10.2. The second kappa shape index (κ2) is 5.17. The fourth-order valence-electron chi connectivity index (χ4n) is 1.94. The van der Waals surface area contributed by atoms with E-state index in [2.05, 4.69) is 0 Å². The number of nitrogens with zero attached hydrogens (tertiary/aromatic N) is 1. The molecule has 2 rings (SSSR count). The fourth-order valence-corrected chi connectivity index (χ4v) is 1.94. The van der Waals surface area contributed by atoms with E-state index < -0.39 is 5.97 Å². The van der Waals surface area contributed by atoms with Gasteiger partial charge >= 0.3 is 5.97 Å². The topological polar surface area (TPSA) is 98.1 Å². The number of hydrogen-bond acceptors (Lipinski definition) is 4. The van der Waals surface area contributed by atoms with Crippen molar-refractivity contribution < 1.29 is 24.9 Å². The lowest BCUT2D eigenvalue weighted by Gasteiger charge is -2.21. The summed E-state index contributed by atoms with van der Waals surface area (Å²) in [4.78, 5) is 24.3. The van der Waals surface area contributed by atoms with Gasteiger partial charge < -0.3 is 20.2 Å². The molecule has 0 aliphatic heterocycles. The van der Waals surface area contributed by atoms with Gasteiger partial charge in [-0.05, 0) is 25.0 Å². The lowest BCUT2D eigenvalue weighted by atomic mass is 10.1. The molecule has 1 aromatic carbocycles. The molecule has 0 radical (unpaired) electrons. The molecule has 0 spiro atoms. The van der Waals surface area contributed by atoms with Crippen LogP contribution in [-0.2, 0) is 4.79 Å². The van der Waals surface area contributed by atoms with E-state index in [0.29, 0.717) is 0 Å². The van der Waals surface area contributed by atoms with Crippen LogP contribution in [0.2, 0.25) is 0 Å². The largest absolute Gasteiger partial charge is 0.508 e. The van der Waals surface area contributed by atoms with Crippen molar-refractivity contribution in [1.82, 2.24) is 4.90 Å². The van der Waals surface area contributed by atoms with Crippen LogP contribution in [-0.4, -0.2) is 44.7 Å². The summed E-state index contributed by atoms with van der Waals surface area (Å²) in [6.45, 7) is 0.134. The molecule has 0 aromatic heterocycles. The molecule has 1 aromatic rings. The number of aliphatic carboxylic acids is 1. The molecular weight excluding hydrogens is 250 g/mol. The minimum atomic E-state index is -0.961. The van der Waals surface area contributed by atoms with Crippen LogP contribution in [0.5, 0.6) is 11.5 Å². The van der Waals surface area contributed by atoms with Gasteiger partial charge in [-0.15, -0.1) is 0 Å². The molecule has 6 nitrogen and oxygen atoms in total. The summed E-state index contributed by atoms with van der Waals surface area (Å²) in [7, 11) is 0. The van der Waals surface area contributed by atoms with Crippen LogP contribution in [0, 0.1) is 0 Å². The Morgan fingerprint density at radius 3 is 2.21 bits per heavy atom. The summed E-state index contributed by atoms with van der Waals surface area (Å²) in [5, 5.41) is 27.4. The van der Waals surface area contributed by atoms with E-state index in [1.165, 1.54) is 17.0 Å². The summed E-state index contributed by atoms with van der Waals surface area (Å²) in [5.41, 5.74) is 0.162. The van der Waals surface area contributed by atoms with Gasteiger partial charge in [-0.2, -0.15) is 0 Å². The normalized spacial score (nSPS) is 14.1. The number of carboxylic acids is 1. The summed E-state index contributed by atoms with van der Waals surface area (Å²) < 4.78 is 0. The molecule has 102 valence electrons. The fraction of sp³-hybridized carbons (Fsp3) is 0.385. The number of carboxylic acid groups (broad SMARTS) is 1. The molecule has 1 fully saturated rings. The molecule has 6 heteroatoms. The molecule has 3 N–H and O–H groups in total. The Hall–Kier alpha value is -2.24. The van der Waals surface area contributed by atoms with Crippen molar-refractivity contribution in [2.75, 3.05) is 6.54 Å². The van der Waals surface area contributed by atoms with Gasteiger partial charge in [0.1, 0.15) is 11.5 Å². The minimum Gasteiger partial charge on any atom is -0.508 e. The Labute approximate surface area is 109 Å². The van der Waals surface area contributed by atoms with Gasteiger partial charge in [0.25, 0.3) is 5.91 Å². The highest BCUT2D eigenvalue weighted by Gasteiger charge is 2.33. The SMILES string of the molecule is O=C(O)CCN(C(=O)c1cc(O)cc(O)c1)C1CC1. The smallest absolute Gasteiger partial charge is 0.305 e. The van der Waals surface area contributed by atoms with Crippen LogP contribution >= 0.6 is 0 Å². The molecule has 0 unspecified atom stereocenters. The van der Waals surface area contributed by atoms with Gasteiger partial charge in [0.15, 0.2) is 0 Å². The highest BCUT2D eigenvalue weighted by molar-refractivity contribution is 5.95. The maximum absolute atomic E-state index is 12.3. The van der Waals surface area contributed by atoms with Crippen LogP contribution in [0.1, 0.15) is 29.6 Å². The van der Waals surface area contributed by atoms with Gasteiger partial charge in [-0.25, -0.2) is 0 Å². The second-order valence-corrected chi connectivity index (χ2v) is 4.61. The van der Waals surface area contributed by atoms with E-state index in [4.69, 9.17) is 5.11 Å². The van der Waals surface area contributed by atoms with Crippen molar-refractivity contribution in [2.45, 2.75) is 25.3 Å². The molecule has 0 bridgehead atoms. The third-order valence-electron chi connectivity index (χ3n) is 2.96. The van der Waals surface area contributed by atoms with Crippen LogP contribution in [0.3, 0.4) is 0 Å². The predicted octanol–water partition coefficient (Wildman–Crippen LogP) is 1.18. The van der Waals surface area contributed by atoms with Crippen molar-refractivity contribution in [1.29, 1.82) is 0 Å². The first-order chi connectivity index (χ1) is 8.97. The van der Waals surface area contributed by atoms with E-state index in [-0.39, 0.29) is 42.0 Å². The van der Waals surface area contributed by atoms with Crippen molar-refractivity contribution in [3.63, 3.8) is 0 Å². The summed E-state index contributed by atoms with van der Waals surface area (Å²) in [5.74, 6) is -1.72.